The highest BCUT2D eigenvalue weighted by Crippen LogP contribution is 2.23. The van der Waals surface area contributed by atoms with Gasteiger partial charge in [0, 0.05) is 0 Å². The lowest BCUT2D eigenvalue weighted by molar-refractivity contribution is 0.410. The number of hydrogen-bond donors (Lipinski definition) is 1. The Hall–Kier alpha value is -0.790. The summed E-state index contributed by atoms with van der Waals surface area (Å²) >= 11 is 0. The smallest absolute Gasteiger partial charge is 0.365 e. The van der Waals surface area contributed by atoms with Crippen LogP contribution in [0.25, 0.3) is 0 Å². The highest BCUT2D eigenvalue weighted by Gasteiger charge is 1.96. The molecular formula is C8H11O3P. The third-order valence-corrected chi connectivity index (χ3v) is 1.92. The van der Waals surface area contributed by atoms with Gasteiger partial charge in [-0.2, -0.15) is 0 Å². The third kappa shape index (κ3) is 2.68. The highest BCUT2D eigenvalue weighted by atomic mass is 31.1. The van der Waals surface area contributed by atoms with E-state index in [1.165, 1.54) is 0 Å². The SMILES string of the molecule is CCc1cccc(O[PH](=O)O)c1. The van der Waals surface area contributed by atoms with Crippen molar-refractivity contribution in [1.82, 2.24) is 0 Å². The minimum absolute atomic E-state index is 0.459. The van der Waals surface area contributed by atoms with Crippen LogP contribution in [0.3, 0.4) is 0 Å². The summed E-state index contributed by atoms with van der Waals surface area (Å²) in [5.74, 6) is 0.459. The first-order chi connectivity index (χ1) is 5.72. The summed E-state index contributed by atoms with van der Waals surface area (Å²) in [6.45, 7) is 2.01. The standard InChI is InChI=1S/C8H11O3P/c1-2-7-4-3-5-8(6-7)11-12(9)10/h3-6,12H,2H2,1H3,(H,9,10). The van der Waals surface area contributed by atoms with E-state index >= 15 is 0 Å². The predicted molar refractivity (Wildman–Crippen MR) is 47.7 cm³/mol. The van der Waals surface area contributed by atoms with E-state index in [9.17, 15) is 4.57 Å². The summed E-state index contributed by atoms with van der Waals surface area (Å²) in [5.41, 5.74) is 1.09. The monoisotopic (exact) mass is 186 g/mol. The van der Waals surface area contributed by atoms with Crippen LogP contribution in [0.4, 0.5) is 0 Å². The maximum absolute atomic E-state index is 10.3. The molecule has 1 atom stereocenters. The van der Waals surface area contributed by atoms with Gasteiger partial charge in [0.1, 0.15) is 5.75 Å². The summed E-state index contributed by atoms with van der Waals surface area (Å²) in [4.78, 5) is 8.49. The molecule has 0 amide bonds. The first-order valence-electron chi connectivity index (χ1n) is 3.72. The Labute approximate surface area is 71.9 Å². The lowest BCUT2D eigenvalue weighted by Crippen LogP contribution is -1.83. The molecule has 1 unspecified atom stereocenters. The topological polar surface area (TPSA) is 46.5 Å². The molecular weight excluding hydrogens is 175 g/mol. The van der Waals surface area contributed by atoms with Crippen molar-refractivity contribution in [3.05, 3.63) is 29.8 Å². The minimum atomic E-state index is -2.86. The van der Waals surface area contributed by atoms with Crippen molar-refractivity contribution in [2.24, 2.45) is 0 Å². The second-order valence-electron chi connectivity index (χ2n) is 2.37. The second-order valence-corrected chi connectivity index (χ2v) is 3.10. The predicted octanol–water partition coefficient (Wildman–Crippen LogP) is 2.01. The molecule has 1 N–H and O–H groups in total. The van der Waals surface area contributed by atoms with Crippen LogP contribution < -0.4 is 4.52 Å². The van der Waals surface area contributed by atoms with Crippen LogP contribution in [0.2, 0.25) is 0 Å². The Bertz CT molecular complexity index is 285. The molecule has 0 heterocycles. The molecule has 0 saturated heterocycles. The van der Waals surface area contributed by atoms with E-state index in [2.05, 4.69) is 4.52 Å². The van der Waals surface area contributed by atoms with Gasteiger partial charge in [-0.3, -0.25) is 0 Å². The van der Waals surface area contributed by atoms with Crippen molar-refractivity contribution in [2.75, 3.05) is 0 Å². The van der Waals surface area contributed by atoms with Gasteiger partial charge in [0.15, 0.2) is 0 Å². The molecule has 0 fully saturated rings. The fourth-order valence-electron chi connectivity index (χ4n) is 0.930. The van der Waals surface area contributed by atoms with Gasteiger partial charge in [0.05, 0.1) is 0 Å². The Balaban J connectivity index is 2.79. The number of hydrogen-bond acceptors (Lipinski definition) is 2. The van der Waals surface area contributed by atoms with Crippen LogP contribution in [0.15, 0.2) is 24.3 Å². The highest BCUT2D eigenvalue weighted by molar-refractivity contribution is 7.32. The van der Waals surface area contributed by atoms with Gasteiger partial charge >= 0.3 is 8.25 Å². The third-order valence-electron chi connectivity index (χ3n) is 1.51. The van der Waals surface area contributed by atoms with E-state index < -0.39 is 8.25 Å². The number of rotatable bonds is 3. The van der Waals surface area contributed by atoms with E-state index in [1.807, 2.05) is 13.0 Å². The van der Waals surface area contributed by atoms with E-state index in [1.54, 1.807) is 18.2 Å². The van der Waals surface area contributed by atoms with Crippen molar-refractivity contribution in [2.45, 2.75) is 13.3 Å². The zero-order valence-electron chi connectivity index (χ0n) is 6.78. The molecule has 1 rings (SSSR count). The van der Waals surface area contributed by atoms with Crippen LogP contribution in [-0.2, 0) is 11.0 Å². The van der Waals surface area contributed by atoms with Crippen molar-refractivity contribution in [3.63, 3.8) is 0 Å². The van der Waals surface area contributed by atoms with E-state index in [0.717, 1.165) is 12.0 Å². The fraction of sp³-hybridized carbons (Fsp3) is 0.250. The normalized spacial score (nSPS) is 12.5. The van der Waals surface area contributed by atoms with Crippen molar-refractivity contribution in [3.8, 4) is 5.75 Å². The van der Waals surface area contributed by atoms with Gasteiger partial charge in [-0.15, -0.1) is 0 Å². The largest absolute Gasteiger partial charge is 0.426 e. The first kappa shape index (κ1) is 9.30. The maximum atomic E-state index is 10.3. The Morgan fingerprint density at radius 3 is 2.92 bits per heavy atom. The van der Waals surface area contributed by atoms with Crippen LogP contribution in [0, 0.1) is 0 Å². The van der Waals surface area contributed by atoms with E-state index in [0.29, 0.717) is 5.75 Å². The Morgan fingerprint density at radius 1 is 1.58 bits per heavy atom. The van der Waals surface area contributed by atoms with Gasteiger partial charge in [0.2, 0.25) is 0 Å². The molecule has 0 aromatic heterocycles. The molecule has 12 heavy (non-hydrogen) atoms. The van der Waals surface area contributed by atoms with Gasteiger partial charge < -0.3 is 9.42 Å². The molecule has 0 aliphatic heterocycles. The second kappa shape index (κ2) is 4.29. The fourth-order valence-corrected chi connectivity index (χ4v) is 1.26. The van der Waals surface area contributed by atoms with E-state index in [-0.39, 0.29) is 0 Å². The van der Waals surface area contributed by atoms with Crippen LogP contribution >= 0.6 is 8.25 Å². The van der Waals surface area contributed by atoms with Crippen molar-refractivity contribution in [1.29, 1.82) is 0 Å². The van der Waals surface area contributed by atoms with Crippen LogP contribution in [0.1, 0.15) is 12.5 Å². The van der Waals surface area contributed by atoms with Gasteiger partial charge in [0.25, 0.3) is 0 Å². The Morgan fingerprint density at radius 2 is 2.33 bits per heavy atom. The quantitative estimate of drug-likeness (QED) is 0.734. The van der Waals surface area contributed by atoms with Crippen molar-refractivity contribution >= 4 is 8.25 Å². The summed E-state index contributed by atoms with van der Waals surface area (Å²) in [5, 5.41) is 0. The zero-order valence-corrected chi connectivity index (χ0v) is 7.78. The van der Waals surface area contributed by atoms with Crippen LogP contribution in [-0.4, -0.2) is 4.89 Å². The molecule has 66 valence electrons. The summed E-state index contributed by atoms with van der Waals surface area (Å²) in [7, 11) is -2.86. The summed E-state index contributed by atoms with van der Waals surface area (Å²) < 4.78 is 15.0. The van der Waals surface area contributed by atoms with E-state index in [4.69, 9.17) is 4.89 Å². The Kier molecular flexibility index (Phi) is 3.32. The molecule has 1 aromatic carbocycles. The molecule has 0 saturated carbocycles. The lowest BCUT2D eigenvalue weighted by Gasteiger charge is -2.02. The average molecular weight is 186 g/mol. The molecule has 0 aliphatic carbocycles. The van der Waals surface area contributed by atoms with Gasteiger partial charge in [-0.05, 0) is 24.1 Å². The number of aryl methyl sites for hydroxylation is 1. The first-order valence-corrected chi connectivity index (χ1v) is 4.98. The molecule has 0 spiro atoms. The summed E-state index contributed by atoms with van der Waals surface area (Å²) in [6.07, 6.45) is 0.892. The molecule has 4 heteroatoms. The van der Waals surface area contributed by atoms with Crippen molar-refractivity contribution < 1.29 is 14.0 Å². The summed E-state index contributed by atoms with van der Waals surface area (Å²) in [6, 6.07) is 7.18. The molecule has 0 bridgehead atoms. The zero-order chi connectivity index (χ0) is 8.97. The van der Waals surface area contributed by atoms with Crippen LogP contribution in [0.5, 0.6) is 5.75 Å². The molecule has 0 aliphatic rings. The lowest BCUT2D eigenvalue weighted by atomic mass is 10.2. The average Bonchev–Trinajstić information content (AvgIpc) is 2.03. The molecule has 1 aromatic rings. The number of benzene rings is 1. The van der Waals surface area contributed by atoms with Gasteiger partial charge in [-0.1, -0.05) is 19.1 Å². The minimum Gasteiger partial charge on any atom is -0.426 e. The molecule has 0 radical (unpaired) electrons. The molecule has 3 nitrogen and oxygen atoms in total. The van der Waals surface area contributed by atoms with Gasteiger partial charge in [-0.25, -0.2) is 4.57 Å². The maximum Gasteiger partial charge on any atom is 0.365 e.